The van der Waals surface area contributed by atoms with Crippen LogP contribution in [0.15, 0.2) is 64.8 Å². The molecule has 2 aliphatic rings. The van der Waals surface area contributed by atoms with Gasteiger partial charge >= 0.3 is 0 Å². The number of anilines is 1. The van der Waals surface area contributed by atoms with Crippen molar-refractivity contribution in [3.63, 3.8) is 0 Å². The van der Waals surface area contributed by atoms with Crippen LogP contribution in [0.4, 0.5) is 5.69 Å². The van der Waals surface area contributed by atoms with E-state index in [-0.39, 0.29) is 17.6 Å². The minimum Gasteiger partial charge on any atom is -0.497 e. The van der Waals surface area contributed by atoms with Crippen molar-refractivity contribution in [3.05, 3.63) is 65.4 Å². The fraction of sp³-hybridized carbons (Fsp3) is 0.320. The number of carbonyl (C=O) groups excluding carboxylic acids is 2. The second-order valence-electron chi connectivity index (χ2n) is 7.81. The molecule has 1 unspecified atom stereocenters. The molecule has 2 aromatic carbocycles. The van der Waals surface area contributed by atoms with Gasteiger partial charge in [0, 0.05) is 29.3 Å². The zero-order valence-electron chi connectivity index (χ0n) is 18.0. The minimum atomic E-state index is -0.598. The molecule has 1 N–H and O–H groups in total. The van der Waals surface area contributed by atoms with Gasteiger partial charge < -0.3 is 14.8 Å². The number of ketones is 1. The van der Waals surface area contributed by atoms with Crippen LogP contribution in [0.1, 0.15) is 37.7 Å². The van der Waals surface area contributed by atoms with Gasteiger partial charge in [0.1, 0.15) is 11.5 Å². The Hall–Kier alpha value is -3.41. The van der Waals surface area contributed by atoms with Gasteiger partial charge in [-0.25, -0.2) is 0 Å². The Morgan fingerprint density at radius 3 is 2.48 bits per heavy atom. The second kappa shape index (κ2) is 8.76. The Kier molecular flexibility index (Phi) is 5.89. The monoisotopic (exact) mass is 418 g/mol. The Balaban J connectivity index is 1.77. The molecular weight excluding hydrogens is 392 g/mol. The summed E-state index contributed by atoms with van der Waals surface area (Å²) in [4.78, 5) is 31.2. The largest absolute Gasteiger partial charge is 0.497 e. The summed E-state index contributed by atoms with van der Waals surface area (Å²) in [5.74, 6) is 0.185. The van der Waals surface area contributed by atoms with Crippen LogP contribution in [-0.2, 0) is 9.59 Å². The average molecular weight is 418 g/mol. The molecule has 0 saturated heterocycles. The van der Waals surface area contributed by atoms with Crippen molar-refractivity contribution in [2.45, 2.75) is 32.1 Å². The molecule has 0 saturated carbocycles. The van der Waals surface area contributed by atoms with E-state index < -0.39 is 5.92 Å². The number of carbonyl (C=O) groups is 2. The maximum Gasteiger partial charge on any atom is 0.234 e. The summed E-state index contributed by atoms with van der Waals surface area (Å²) >= 11 is 0. The number of hydrogen-bond donors (Lipinski definition) is 1. The van der Waals surface area contributed by atoms with Crippen molar-refractivity contribution in [2.75, 3.05) is 19.5 Å². The van der Waals surface area contributed by atoms with Crippen molar-refractivity contribution in [3.8, 4) is 11.5 Å². The molecule has 1 heterocycles. The number of nitrogens with one attached hydrogen (secondary N) is 1. The molecule has 2 atom stereocenters. The predicted octanol–water partition coefficient (Wildman–Crippen LogP) is 4.52. The molecule has 1 aliphatic heterocycles. The van der Waals surface area contributed by atoms with Crippen LogP contribution in [-0.4, -0.2) is 31.6 Å². The van der Waals surface area contributed by atoms with E-state index in [4.69, 9.17) is 14.5 Å². The first-order chi connectivity index (χ1) is 15.0. The van der Waals surface area contributed by atoms with Crippen molar-refractivity contribution in [1.29, 1.82) is 0 Å². The topological polar surface area (TPSA) is 77.0 Å². The van der Waals surface area contributed by atoms with Crippen molar-refractivity contribution >= 4 is 23.1 Å². The highest BCUT2D eigenvalue weighted by atomic mass is 16.5. The summed E-state index contributed by atoms with van der Waals surface area (Å²) in [6.45, 7) is 1.87. The fourth-order valence-corrected chi connectivity index (χ4v) is 4.48. The summed E-state index contributed by atoms with van der Waals surface area (Å²) in [6, 6.07) is 14.9. The molecule has 4 rings (SSSR count). The Morgan fingerprint density at radius 1 is 1.03 bits per heavy atom. The average Bonchev–Trinajstić information content (AvgIpc) is 2.78. The number of nitrogens with zero attached hydrogens (tertiary/aromatic N) is 1. The summed E-state index contributed by atoms with van der Waals surface area (Å²) in [5.41, 5.74) is 3.68. The lowest BCUT2D eigenvalue weighted by molar-refractivity contribution is -0.119. The predicted molar refractivity (Wildman–Crippen MR) is 120 cm³/mol. The molecule has 2 aromatic rings. The third kappa shape index (κ3) is 3.98. The number of rotatable bonds is 5. The van der Waals surface area contributed by atoms with Crippen molar-refractivity contribution in [2.24, 2.45) is 10.9 Å². The van der Waals surface area contributed by atoms with Crippen LogP contribution in [0.3, 0.4) is 0 Å². The molecular formula is C25H26N2O4. The van der Waals surface area contributed by atoms with Gasteiger partial charge in [-0.15, -0.1) is 0 Å². The van der Waals surface area contributed by atoms with Crippen molar-refractivity contribution < 1.29 is 19.1 Å². The second-order valence-corrected chi connectivity index (χ2v) is 7.81. The summed E-state index contributed by atoms with van der Waals surface area (Å²) in [5, 5.41) is 2.99. The lowest BCUT2D eigenvalue weighted by atomic mass is 9.71. The Bertz CT molecular complexity index is 1070. The Labute approximate surface area is 182 Å². The number of methoxy groups -OCH3 is 2. The van der Waals surface area contributed by atoms with Crippen LogP contribution >= 0.6 is 0 Å². The molecule has 1 aliphatic carbocycles. The molecule has 0 fully saturated rings. The zero-order chi connectivity index (χ0) is 22.0. The number of amides is 1. The van der Waals surface area contributed by atoms with E-state index in [1.165, 1.54) is 0 Å². The van der Waals surface area contributed by atoms with Crippen LogP contribution in [0, 0.1) is 5.92 Å². The number of para-hydroxylation sites is 2. The van der Waals surface area contributed by atoms with Gasteiger partial charge in [-0.2, -0.15) is 0 Å². The van der Waals surface area contributed by atoms with Gasteiger partial charge in [0.05, 0.1) is 25.8 Å². The maximum absolute atomic E-state index is 13.5. The minimum absolute atomic E-state index is 0.0772. The Morgan fingerprint density at radius 2 is 1.77 bits per heavy atom. The highest BCUT2D eigenvalue weighted by molar-refractivity contribution is 6.13. The highest BCUT2D eigenvalue weighted by Gasteiger charge is 2.42. The van der Waals surface area contributed by atoms with E-state index in [0.717, 1.165) is 29.9 Å². The first kappa shape index (κ1) is 20.8. The highest BCUT2D eigenvalue weighted by Crippen LogP contribution is 2.44. The van der Waals surface area contributed by atoms with Gasteiger partial charge in [-0.3, -0.25) is 14.6 Å². The molecule has 0 bridgehead atoms. The molecule has 6 nitrogen and oxygen atoms in total. The van der Waals surface area contributed by atoms with Gasteiger partial charge in [-0.1, -0.05) is 24.3 Å². The van der Waals surface area contributed by atoms with Crippen LogP contribution in [0.2, 0.25) is 0 Å². The van der Waals surface area contributed by atoms with E-state index in [1.807, 2.05) is 43.3 Å². The first-order valence-corrected chi connectivity index (χ1v) is 10.4. The summed E-state index contributed by atoms with van der Waals surface area (Å²) < 4.78 is 10.7. The number of Topliss-reactive ketones (excluding diaryl/α,β-unsaturated/α-hetero) is 1. The molecule has 160 valence electrons. The third-order valence-electron chi connectivity index (χ3n) is 5.96. The molecule has 1 amide bonds. The standard InChI is InChI=1S/C25H26N2O4/c1-15-22(25(29)27-18-7-4-5-10-21(18)31-3)23(16-11-13-17(30-2)14-12-16)24-19(26-15)8-6-9-20(24)28/h4-5,7,10-14,22-23H,6,8-9H2,1-3H3,(H,27,29)/t22?,23-/m1/s1. The third-order valence-corrected chi connectivity index (χ3v) is 5.96. The lowest BCUT2D eigenvalue weighted by Crippen LogP contribution is -2.39. The van der Waals surface area contributed by atoms with Crippen LogP contribution < -0.4 is 14.8 Å². The maximum atomic E-state index is 13.5. The van der Waals surface area contributed by atoms with Gasteiger partial charge in [0.2, 0.25) is 5.91 Å². The lowest BCUT2D eigenvalue weighted by Gasteiger charge is -2.35. The van der Waals surface area contributed by atoms with Crippen LogP contribution in [0.5, 0.6) is 11.5 Å². The number of benzene rings is 2. The molecule has 31 heavy (non-hydrogen) atoms. The van der Waals surface area contributed by atoms with Crippen molar-refractivity contribution in [1.82, 2.24) is 0 Å². The zero-order valence-corrected chi connectivity index (χ0v) is 18.0. The molecule has 0 aromatic heterocycles. The molecule has 0 spiro atoms. The quantitative estimate of drug-likeness (QED) is 0.774. The van der Waals surface area contributed by atoms with E-state index in [2.05, 4.69) is 5.32 Å². The van der Waals surface area contributed by atoms with Gasteiger partial charge in [0.15, 0.2) is 5.78 Å². The molecule has 0 radical (unpaired) electrons. The van der Waals surface area contributed by atoms with E-state index in [0.29, 0.717) is 29.1 Å². The first-order valence-electron chi connectivity index (χ1n) is 10.4. The number of aliphatic imine (C=N–C) groups is 1. The summed E-state index contributed by atoms with van der Waals surface area (Å²) in [7, 11) is 3.18. The van der Waals surface area contributed by atoms with E-state index in [1.54, 1.807) is 26.4 Å². The van der Waals surface area contributed by atoms with E-state index >= 15 is 0 Å². The number of hydrogen-bond acceptors (Lipinski definition) is 5. The van der Waals surface area contributed by atoms with Crippen LogP contribution in [0.25, 0.3) is 0 Å². The normalized spacial score (nSPS) is 20.6. The number of allylic oxidation sites excluding steroid dienone is 2. The smallest absolute Gasteiger partial charge is 0.234 e. The van der Waals surface area contributed by atoms with Gasteiger partial charge in [0.25, 0.3) is 0 Å². The SMILES string of the molecule is COc1ccc([C@H]2C3=C(CCCC3=O)N=C(C)C2C(=O)Nc2ccccc2OC)cc1. The fourth-order valence-electron chi connectivity index (χ4n) is 4.48. The summed E-state index contributed by atoms with van der Waals surface area (Å²) in [6.07, 6.45) is 2.04. The van der Waals surface area contributed by atoms with Gasteiger partial charge in [-0.05, 0) is 49.6 Å². The molecule has 6 heteroatoms. The number of ether oxygens (including phenoxy) is 2. The van der Waals surface area contributed by atoms with E-state index in [9.17, 15) is 9.59 Å².